The quantitative estimate of drug-likeness (QED) is 0.604. The Bertz CT molecular complexity index is 938. The SMILES string of the molecule is C=Ic1cc(C)c2nc3[nH]nc(C)c3c(CN3CCCNCC3)c2c1. The number of pyridine rings is 1. The molecule has 3 heterocycles. The summed E-state index contributed by atoms with van der Waals surface area (Å²) in [6.07, 6.45) is 1.20. The first-order valence-electron chi connectivity index (χ1n) is 8.76. The summed E-state index contributed by atoms with van der Waals surface area (Å²) in [4.78, 5) is 7.45. The largest absolute Gasteiger partial charge is 0.315 e. The second-order valence-corrected chi connectivity index (χ2v) is 8.76. The van der Waals surface area contributed by atoms with Gasteiger partial charge in [-0.15, -0.1) is 0 Å². The number of aryl methyl sites for hydroxylation is 2. The summed E-state index contributed by atoms with van der Waals surface area (Å²) in [5.41, 5.74) is 5.66. The van der Waals surface area contributed by atoms with Crippen LogP contribution in [0.15, 0.2) is 12.1 Å². The second-order valence-electron chi connectivity index (χ2n) is 6.76. The number of hydrogen-bond acceptors (Lipinski definition) is 4. The van der Waals surface area contributed by atoms with Crippen molar-refractivity contribution in [3.8, 4) is 0 Å². The Morgan fingerprint density at radius 3 is 2.96 bits per heavy atom. The molecule has 0 saturated carbocycles. The maximum Gasteiger partial charge on any atom is 0.156 e. The molecule has 1 fully saturated rings. The van der Waals surface area contributed by atoms with Gasteiger partial charge in [-0.25, -0.2) is 4.98 Å². The fraction of sp³-hybridized carbons (Fsp3) is 0.421. The average molecular weight is 449 g/mol. The number of hydrogen-bond donors (Lipinski definition) is 2. The summed E-state index contributed by atoms with van der Waals surface area (Å²) < 4.78 is 5.56. The number of nitrogens with one attached hydrogen (secondary N) is 2. The van der Waals surface area contributed by atoms with Gasteiger partial charge in [0.05, 0.1) is 11.2 Å². The van der Waals surface area contributed by atoms with E-state index in [1.807, 2.05) is 0 Å². The summed E-state index contributed by atoms with van der Waals surface area (Å²) in [7, 11) is 0. The van der Waals surface area contributed by atoms with Crippen LogP contribution in [-0.2, 0) is 6.54 Å². The van der Waals surface area contributed by atoms with Gasteiger partial charge in [-0.05, 0) is 56.6 Å². The van der Waals surface area contributed by atoms with Crippen LogP contribution in [0, 0.1) is 17.4 Å². The number of benzene rings is 1. The monoisotopic (exact) mass is 449 g/mol. The van der Waals surface area contributed by atoms with Crippen molar-refractivity contribution >= 4 is 47.2 Å². The van der Waals surface area contributed by atoms with Gasteiger partial charge in [-0.1, -0.05) is 25.2 Å². The highest BCUT2D eigenvalue weighted by atomic mass is 127. The molecule has 4 rings (SSSR count). The maximum atomic E-state index is 4.89. The van der Waals surface area contributed by atoms with E-state index in [2.05, 4.69) is 50.9 Å². The molecule has 25 heavy (non-hydrogen) atoms. The Hall–Kier alpha value is -1.38. The van der Waals surface area contributed by atoms with E-state index in [-0.39, 0.29) is 20.7 Å². The Labute approximate surface area is 157 Å². The molecule has 1 aliphatic heterocycles. The van der Waals surface area contributed by atoms with Crippen molar-refractivity contribution in [2.24, 2.45) is 0 Å². The average Bonchev–Trinajstić information content (AvgIpc) is 2.82. The van der Waals surface area contributed by atoms with E-state index in [0.29, 0.717) is 0 Å². The Morgan fingerprint density at radius 2 is 2.12 bits per heavy atom. The van der Waals surface area contributed by atoms with Crippen LogP contribution in [-0.4, -0.2) is 50.8 Å². The highest BCUT2D eigenvalue weighted by Gasteiger charge is 2.18. The van der Waals surface area contributed by atoms with Gasteiger partial charge >= 0.3 is 0 Å². The summed E-state index contributed by atoms with van der Waals surface area (Å²) in [5, 5.41) is 13.5. The third-order valence-corrected chi connectivity index (χ3v) is 6.52. The number of nitrogens with zero attached hydrogens (tertiary/aromatic N) is 3. The molecule has 1 aromatic carbocycles. The summed E-state index contributed by atoms with van der Waals surface area (Å²) >= 11 is -0.185. The normalized spacial score (nSPS) is 16.6. The number of rotatable bonds is 3. The van der Waals surface area contributed by atoms with Gasteiger partial charge in [0.15, 0.2) is 5.65 Å². The van der Waals surface area contributed by atoms with Crippen LogP contribution in [0.4, 0.5) is 0 Å². The van der Waals surface area contributed by atoms with Gasteiger partial charge in [0.1, 0.15) is 0 Å². The van der Waals surface area contributed by atoms with Crippen LogP contribution in [0.3, 0.4) is 0 Å². The zero-order valence-corrected chi connectivity index (χ0v) is 17.0. The Kier molecular flexibility index (Phi) is 4.84. The van der Waals surface area contributed by atoms with Crippen LogP contribution < -0.4 is 5.32 Å². The van der Waals surface area contributed by atoms with Crippen LogP contribution in [0.2, 0.25) is 0 Å². The molecule has 3 aromatic rings. The predicted molar refractivity (Wildman–Crippen MR) is 113 cm³/mol. The molecule has 1 aliphatic rings. The van der Waals surface area contributed by atoms with Crippen molar-refractivity contribution < 1.29 is 0 Å². The second kappa shape index (κ2) is 7.09. The molecule has 1 saturated heterocycles. The molecular weight excluding hydrogens is 425 g/mol. The van der Waals surface area contributed by atoms with Crippen molar-refractivity contribution in [3.63, 3.8) is 0 Å². The van der Waals surface area contributed by atoms with Crippen molar-refractivity contribution in [1.29, 1.82) is 0 Å². The molecule has 0 bridgehead atoms. The fourth-order valence-corrected chi connectivity index (χ4v) is 4.97. The number of H-pyrrole nitrogens is 1. The Morgan fingerprint density at radius 1 is 1.24 bits per heavy atom. The molecule has 0 radical (unpaired) electrons. The number of halogens is 1. The van der Waals surface area contributed by atoms with E-state index in [9.17, 15) is 0 Å². The van der Waals surface area contributed by atoms with E-state index >= 15 is 0 Å². The standard InChI is InChI=1S/C19H24IN5/c1-12-9-14(20-3)10-15-16(11-25-7-4-5-21-6-8-25)17-13(2)23-24-19(17)22-18(12)15/h9-10,21H,3-8,11H2,1-2H3,(H,22,23,24). The van der Waals surface area contributed by atoms with E-state index in [1.54, 1.807) is 0 Å². The van der Waals surface area contributed by atoms with Crippen LogP contribution in [0.1, 0.15) is 23.2 Å². The lowest BCUT2D eigenvalue weighted by molar-refractivity contribution is 0.286. The van der Waals surface area contributed by atoms with Gasteiger partial charge < -0.3 is 5.32 Å². The number of fused-ring (bicyclic) bond motifs is 2. The van der Waals surface area contributed by atoms with Crippen LogP contribution >= 0.6 is 20.7 Å². The third-order valence-electron chi connectivity index (χ3n) is 5.01. The summed E-state index contributed by atoms with van der Waals surface area (Å²) in [5.74, 6) is 0. The maximum absolute atomic E-state index is 4.89. The molecule has 0 aliphatic carbocycles. The van der Waals surface area contributed by atoms with Crippen LogP contribution in [0.25, 0.3) is 21.9 Å². The minimum absolute atomic E-state index is 0.185. The lowest BCUT2D eigenvalue weighted by Crippen LogP contribution is -2.27. The summed E-state index contributed by atoms with van der Waals surface area (Å²) in [6, 6.07) is 4.58. The summed E-state index contributed by atoms with van der Waals surface area (Å²) in [6.45, 7) is 9.58. The van der Waals surface area contributed by atoms with Gasteiger partial charge in [-0.3, -0.25) is 10.00 Å². The first kappa shape index (κ1) is 17.1. The number of aromatic amines is 1. The molecule has 2 N–H and O–H groups in total. The van der Waals surface area contributed by atoms with Crippen molar-refractivity contribution in [3.05, 3.63) is 32.5 Å². The molecular formula is C19H24IN5. The topological polar surface area (TPSA) is 56.8 Å². The zero-order chi connectivity index (χ0) is 17.4. The van der Waals surface area contributed by atoms with Crippen molar-refractivity contribution in [2.75, 3.05) is 26.2 Å². The zero-order valence-electron chi connectivity index (χ0n) is 14.8. The van der Waals surface area contributed by atoms with Gasteiger partial charge in [0.25, 0.3) is 0 Å². The molecule has 0 spiro atoms. The molecule has 0 atom stereocenters. The van der Waals surface area contributed by atoms with E-state index < -0.39 is 0 Å². The van der Waals surface area contributed by atoms with Crippen molar-refractivity contribution in [2.45, 2.75) is 26.8 Å². The van der Waals surface area contributed by atoms with Gasteiger partial charge in [-0.2, -0.15) is 5.10 Å². The van der Waals surface area contributed by atoms with E-state index in [1.165, 1.54) is 31.9 Å². The lowest BCUT2D eigenvalue weighted by Gasteiger charge is -2.21. The molecule has 2 aromatic heterocycles. The van der Waals surface area contributed by atoms with E-state index in [4.69, 9.17) is 4.98 Å². The highest BCUT2D eigenvalue weighted by molar-refractivity contribution is 14.2. The third kappa shape index (κ3) is 3.22. The molecule has 6 heteroatoms. The Balaban J connectivity index is 1.94. The number of aromatic nitrogens is 3. The van der Waals surface area contributed by atoms with Gasteiger partial charge in [0.2, 0.25) is 0 Å². The first-order valence-corrected chi connectivity index (χ1v) is 11.4. The highest BCUT2D eigenvalue weighted by Crippen LogP contribution is 2.31. The van der Waals surface area contributed by atoms with Crippen molar-refractivity contribution in [1.82, 2.24) is 25.4 Å². The molecule has 0 unspecified atom stereocenters. The molecule has 5 nitrogen and oxygen atoms in total. The van der Waals surface area contributed by atoms with Gasteiger partial charge in [0, 0.05) is 34.0 Å². The molecule has 0 amide bonds. The minimum Gasteiger partial charge on any atom is -0.315 e. The minimum atomic E-state index is -0.185. The first-order chi connectivity index (χ1) is 12.2. The smallest absolute Gasteiger partial charge is 0.156 e. The van der Waals surface area contributed by atoms with Crippen LogP contribution in [0.5, 0.6) is 0 Å². The lowest BCUT2D eigenvalue weighted by atomic mass is 10.0. The molecule has 132 valence electrons. The predicted octanol–water partition coefficient (Wildman–Crippen LogP) is 3.10. The van der Waals surface area contributed by atoms with E-state index in [0.717, 1.165) is 49.6 Å². The fourth-order valence-electron chi connectivity index (χ4n) is 3.75.